The van der Waals surface area contributed by atoms with E-state index in [9.17, 15) is 4.39 Å². The molecule has 2 aromatic rings. The molecule has 0 saturated heterocycles. The Morgan fingerprint density at radius 3 is 2.80 bits per heavy atom. The van der Waals surface area contributed by atoms with Crippen LogP contribution in [0.3, 0.4) is 0 Å². The molecule has 0 amide bonds. The lowest BCUT2D eigenvalue weighted by atomic mass is 10.2. The maximum atomic E-state index is 13.0. The number of anilines is 1. The van der Waals surface area contributed by atoms with Gasteiger partial charge in [0.15, 0.2) is 0 Å². The molecule has 0 fully saturated rings. The van der Waals surface area contributed by atoms with Crippen LogP contribution < -0.4 is 11.1 Å². The molecule has 102 valence electrons. The van der Waals surface area contributed by atoms with Crippen molar-refractivity contribution in [1.29, 1.82) is 5.41 Å². The van der Waals surface area contributed by atoms with Crippen molar-refractivity contribution < 1.29 is 4.39 Å². The van der Waals surface area contributed by atoms with Crippen LogP contribution in [-0.2, 0) is 0 Å². The Kier molecular flexibility index (Phi) is 4.05. The molecule has 2 heterocycles. The second kappa shape index (κ2) is 5.92. The van der Waals surface area contributed by atoms with Crippen molar-refractivity contribution in [1.82, 2.24) is 9.97 Å². The summed E-state index contributed by atoms with van der Waals surface area (Å²) in [4.78, 5) is 8.03. The van der Waals surface area contributed by atoms with Crippen molar-refractivity contribution in [3.8, 4) is 0 Å². The van der Waals surface area contributed by atoms with Gasteiger partial charge in [0.1, 0.15) is 17.5 Å². The van der Waals surface area contributed by atoms with Gasteiger partial charge in [0.25, 0.3) is 0 Å². The van der Waals surface area contributed by atoms with E-state index < -0.39 is 5.82 Å². The third kappa shape index (κ3) is 3.61. The molecular weight excluding hydrogens is 257 g/mol. The number of nitrogens with zero attached hydrogens (tertiary/aromatic N) is 2. The van der Waals surface area contributed by atoms with Crippen molar-refractivity contribution in [2.45, 2.75) is 6.92 Å². The van der Waals surface area contributed by atoms with E-state index in [1.165, 1.54) is 24.4 Å². The molecule has 2 rings (SSSR count). The normalized spacial score (nSPS) is 11.2. The summed E-state index contributed by atoms with van der Waals surface area (Å²) < 4.78 is 13.0. The zero-order chi connectivity index (χ0) is 14.5. The number of aromatic nitrogens is 2. The van der Waals surface area contributed by atoms with Crippen molar-refractivity contribution in [3.63, 3.8) is 0 Å². The van der Waals surface area contributed by atoms with Crippen LogP contribution in [0.5, 0.6) is 0 Å². The molecule has 0 radical (unpaired) electrons. The smallest absolute Gasteiger partial charge is 0.134 e. The largest absolute Gasteiger partial charge is 0.398 e. The number of hydrogen-bond donors (Lipinski definition) is 3. The molecule has 0 aliphatic heterocycles. The van der Waals surface area contributed by atoms with Crippen molar-refractivity contribution in [2.24, 2.45) is 5.73 Å². The van der Waals surface area contributed by atoms with E-state index in [2.05, 4.69) is 15.3 Å². The molecule has 0 bridgehead atoms. The molecule has 4 N–H and O–H groups in total. The minimum absolute atomic E-state index is 0.0150. The first-order valence-electron chi connectivity index (χ1n) is 5.92. The number of nitrogens with two attached hydrogens (primary N) is 1. The molecule has 5 nitrogen and oxygen atoms in total. The second-order valence-corrected chi connectivity index (χ2v) is 4.19. The van der Waals surface area contributed by atoms with Gasteiger partial charge in [-0.15, -0.1) is 0 Å². The van der Waals surface area contributed by atoms with Gasteiger partial charge in [0.2, 0.25) is 0 Å². The fourth-order valence-electron chi connectivity index (χ4n) is 1.52. The Morgan fingerprint density at radius 1 is 1.35 bits per heavy atom. The molecule has 0 aromatic carbocycles. The predicted molar refractivity (Wildman–Crippen MR) is 76.7 cm³/mol. The number of pyridine rings is 2. The summed E-state index contributed by atoms with van der Waals surface area (Å²) >= 11 is 0. The Bertz CT molecular complexity index is 649. The quantitative estimate of drug-likeness (QED) is 0.590. The minimum Gasteiger partial charge on any atom is -0.398 e. The number of amidine groups is 1. The van der Waals surface area contributed by atoms with Gasteiger partial charge in [-0.3, -0.25) is 10.4 Å². The fraction of sp³-hybridized carbons (Fsp3) is 0.0714. The summed E-state index contributed by atoms with van der Waals surface area (Å²) in [7, 11) is 0. The minimum atomic E-state index is -0.421. The molecule has 20 heavy (non-hydrogen) atoms. The summed E-state index contributed by atoms with van der Waals surface area (Å²) in [6, 6.07) is 6.09. The first kappa shape index (κ1) is 13.7. The number of halogens is 1. The summed E-state index contributed by atoms with van der Waals surface area (Å²) in [6.07, 6.45) is 4.38. The molecule has 0 aliphatic rings. The van der Waals surface area contributed by atoms with E-state index >= 15 is 0 Å². The summed E-state index contributed by atoms with van der Waals surface area (Å²) in [5.41, 5.74) is 7.87. The summed E-state index contributed by atoms with van der Waals surface area (Å²) in [5.74, 6) is -0.155. The first-order valence-corrected chi connectivity index (χ1v) is 5.92. The van der Waals surface area contributed by atoms with E-state index in [1.807, 2.05) is 19.1 Å². The van der Waals surface area contributed by atoms with Crippen LogP contribution in [-0.4, -0.2) is 15.8 Å². The molecule has 0 aliphatic carbocycles. The number of rotatable bonds is 3. The van der Waals surface area contributed by atoms with Crippen LogP contribution in [0.4, 0.5) is 10.2 Å². The van der Waals surface area contributed by atoms with Gasteiger partial charge < -0.3 is 11.1 Å². The lowest BCUT2D eigenvalue weighted by Crippen LogP contribution is -2.11. The third-order valence-electron chi connectivity index (χ3n) is 2.53. The van der Waals surface area contributed by atoms with Gasteiger partial charge >= 0.3 is 0 Å². The lowest BCUT2D eigenvalue weighted by Gasteiger charge is -2.05. The molecule has 6 heteroatoms. The molecular formula is C14H14FN5. The van der Waals surface area contributed by atoms with Crippen LogP contribution in [0.2, 0.25) is 0 Å². The molecule has 0 saturated carbocycles. The Balaban J connectivity index is 2.10. The van der Waals surface area contributed by atoms with Gasteiger partial charge in [0.05, 0.1) is 0 Å². The van der Waals surface area contributed by atoms with E-state index in [4.69, 9.17) is 11.1 Å². The van der Waals surface area contributed by atoms with Crippen molar-refractivity contribution >= 4 is 17.4 Å². The zero-order valence-electron chi connectivity index (χ0n) is 10.9. The van der Waals surface area contributed by atoms with Gasteiger partial charge in [0, 0.05) is 41.5 Å². The van der Waals surface area contributed by atoms with Gasteiger partial charge in [-0.1, -0.05) is 0 Å². The van der Waals surface area contributed by atoms with E-state index in [0.717, 1.165) is 5.69 Å². The number of hydrogen-bond acceptors (Lipinski definition) is 4. The van der Waals surface area contributed by atoms with Gasteiger partial charge in [-0.25, -0.2) is 9.37 Å². The maximum absolute atomic E-state index is 13.0. The Hall–Kier alpha value is -2.76. The van der Waals surface area contributed by atoms with Gasteiger partial charge in [-0.05, 0) is 25.1 Å². The lowest BCUT2D eigenvalue weighted by molar-refractivity contribution is 0.626. The number of aryl methyl sites for hydroxylation is 1. The Morgan fingerprint density at radius 2 is 2.15 bits per heavy atom. The van der Waals surface area contributed by atoms with Crippen LogP contribution in [0, 0.1) is 18.2 Å². The highest BCUT2D eigenvalue weighted by molar-refractivity contribution is 6.05. The van der Waals surface area contributed by atoms with E-state index in [1.54, 1.807) is 6.20 Å². The average Bonchev–Trinajstić information content (AvgIpc) is 2.39. The average molecular weight is 271 g/mol. The third-order valence-corrected chi connectivity index (χ3v) is 2.53. The number of nitrogens with one attached hydrogen (secondary N) is 2. The van der Waals surface area contributed by atoms with E-state index in [-0.39, 0.29) is 11.7 Å². The van der Waals surface area contributed by atoms with Crippen molar-refractivity contribution in [3.05, 3.63) is 59.8 Å². The molecule has 0 spiro atoms. The zero-order valence-corrected chi connectivity index (χ0v) is 10.9. The van der Waals surface area contributed by atoms with Crippen LogP contribution in [0.25, 0.3) is 5.70 Å². The van der Waals surface area contributed by atoms with Crippen LogP contribution >= 0.6 is 0 Å². The highest BCUT2D eigenvalue weighted by atomic mass is 19.1. The predicted octanol–water partition coefficient (Wildman–Crippen LogP) is 2.31. The molecule has 0 unspecified atom stereocenters. The molecule has 2 aromatic heterocycles. The first-order chi connectivity index (χ1) is 9.54. The summed E-state index contributed by atoms with van der Waals surface area (Å²) in [5, 5.41) is 10.4. The fourth-order valence-corrected chi connectivity index (χ4v) is 1.52. The molecule has 0 atom stereocenters. The van der Waals surface area contributed by atoms with Crippen LogP contribution in [0.1, 0.15) is 11.3 Å². The SMILES string of the molecule is Cc1ccc(/C(N)=C/C(=N)Nc2cc(F)ccn2)cn1. The maximum Gasteiger partial charge on any atom is 0.134 e. The standard InChI is InChI=1S/C14H14FN5/c1-9-2-3-10(8-19-9)12(16)7-13(17)20-14-6-11(15)4-5-18-14/h2-8H,16H2,1H3,(H2,17,18,20)/b12-7-. The monoisotopic (exact) mass is 271 g/mol. The van der Waals surface area contributed by atoms with Gasteiger partial charge in [-0.2, -0.15) is 0 Å². The topological polar surface area (TPSA) is 87.7 Å². The van der Waals surface area contributed by atoms with Crippen molar-refractivity contribution in [2.75, 3.05) is 5.32 Å². The second-order valence-electron chi connectivity index (χ2n) is 4.19. The highest BCUT2D eigenvalue weighted by Gasteiger charge is 2.01. The van der Waals surface area contributed by atoms with Crippen LogP contribution in [0.15, 0.2) is 42.7 Å². The highest BCUT2D eigenvalue weighted by Crippen LogP contribution is 2.09. The van der Waals surface area contributed by atoms with E-state index in [0.29, 0.717) is 11.3 Å². The Labute approximate surface area is 115 Å². The summed E-state index contributed by atoms with van der Waals surface area (Å²) in [6.45, 7) is 1.88.